The summed E-state index contributed by atoms with van der Waals surface area (Å²) in [7, 11) is -3.60. The molecule has 0 N–H and O–H groups in total. The lowest BCUT2D eigenvalue weighted by Crippen LogP contribution is -2.49. The van der Waals surface area contributed by atoms with Crippen molar-refractivity contribution in [3.05, 3.63) is 63.7 Å². The molecule has 29 heavy (non-hydrogen) atoms. The van der Waals surface area contributed by atoms with Gasteiger partial charge in [0.2, 0.25) is 0 Å². The number of hydrogen-bond donors (Lipinski definition) is 0. The normalized spacial score (nSPS) is 14.7. The van der Waals surface area contributed by atoms with Gasteiger partial charge in [0.25, 0.3) is 11.6 Å². The average Bonchev–Trinajstić information content (AvgIpc) is 2.65. The second kappa shape index (κ2) is 7.74. The highest BCUT2D eigenvalue weighted by atomic mass is 32.2. The molecule has 0 unspecified atom stereocenters. The molecule has 1 fully saturated rings. The molecule has 2 aromatic rings. The first-order valence-electron chi connectivity index (χ1n) is 8.55. The Morgan fingerprint density at radius 2 is 1.62 bits per heavy atom. The Hall–Kier alpha value is -3.08. The minimum Gasteiger partial charge on any atom is -0.362 e. The van der Waals surface area contributed by atoms with Crippen LogP contribution in [0.15, 0.2) is 41.3 Å². The summed E-state index contributed by atoms with van der Waals surface area (Å²) in [5, 5.41) is 11.4. The number of hydrogen-bond acceptors (Lipinski definition) is 6. The van der Waals surface area contributed by atoms with Gasteiger partial charge in [-0.25, -0.2) is 17.2 Å². The van der Waals surface area contributed by atoms with Crippen LogP contribution in [0.5, 0.6) is 0 Å². The number of halogens is 2. The van der Waals surface area contributed by atoms with Gasteiger partial charge < -0.3 is 9.80 Å². The van der Waals surface area contributed by atoms with E-state index in [1.165, 1.54) is 17.0 Å². The van der Waals surface area contributed by atoms with E-state index in [2.05, 4.69) is 0 Å². The van der Waals surface area contributed by atoms with Crippen molar-refractivity contribution in [2.75, 3.05) is 37.3 Å². The Morgan fingerprint density at radius 1 is 1.03 bits per heavy atom. The zero-order chi connectivity index (χ0) is 21.3. The zero-order valence-corrected chi connectivity index (χ0v) is 16.2. The number of nitro groups is 1. The lowest BCUT2D eigenvalue weighted by molar-refractivity contribution is -0.384. The fraction of sp³-hybridized carbons (Fsp3) is 0.278. The monoisotopic (exact) mass is 425 g/mol. The van der Waals surface area contributed by atoms with E-state index < -0.39 is 32.3 Å². The van der Waals surface area contributed by atoms with Gasteiger partial charge in [-0.15, -0.1) is 0 Å². The molecule has 1 saturated heterocycles. The second-order valence-corrected chi connectivity index (χ2v) is 8.63. The highest BCUT2D eigenvalue weighted by molar-refractivity contribution is 7.90. The molecule has 1 heterocycles. The predicted molar refractivity (Wildman–Crippen MR) is 101 cm³/mol. The number of anilines is 1. The second-order valence-electron chi connectivity index (χ2n) is 6.62. The molecule has 154 valence electrons. The molecule has 0 spiro atoms. The quantitative estimate of drug-likeness (QED) is 0.550. The lowest BCUT2D eigenvalue weighted by atomic mass is 10.1. The maximum atomic E-state index is 13.3. The highest BCUT2D eigenvalue weighted by Gasteiger charge is 2.28. The molecule has 0 atom stereocenters. The minimum absolute atomic E-state index is 0.112. The van der Waals surface area contributed by atoms with Crippen LogP contribution in [0, 0.1) is 21.7 Å². The number of nitro benzene ring substituents is 1. The lowest BCUT2D eigenvalue weighted by Gasteiger charge is -2.35. The van der Waals surface area contributed by atoms with Gasteiger partial charge in [0.1, 0.15) is 17.3 Å². The van der Waals surface area contributed by atoms with E-state index in [0.717, 1.165) is 24.5 Å². The molecule has 1 amide bonds. The summed E-state index contributed by atoms with van der Waals surface area (Å²) in [6.07, 6.45) is 0.964. The standard InChI is InChI=1S/C18H17F2N3O5S/c1-29(27,28)15-2-3-16(17(11-15)23(25)26)21-4-6-22(7-5-21)18(24)12-8-13(19)10-14(20)9-12/h2-3,8-11H,4-7H2,1H3. The van der Waals surface area contributed by atoms with Crippen molar-refractivity contribution in [2.45, 2.75) is 4.90 Å². The number of amides is 1. The van der Waals surface area contributed by atoms with Gasteiger partial charge in [0, 0.05) is 50.1 Å². The number of benzene rings is 2. The smallest absolute Gasteiger partial charge is 0.293 e. The highest BCUT2D eigenvalue weighted by Crippen LogP contribution is 2.31. The van der Waals surface area contributed by atoms with Crippen molar-refractivity contribution >= 4 is 27.1 Å². The van der Waals surface area contributed by atoms with E-state index in [1.54, 1.807) is 4.90 Å². The molecule has 8 nitrogen and oxygen atoms in total. The summed E-state index contributed by atoms with van der Waals surface area (Å²) in [4.78, 5) is 26.1. The SMILES string of the molecule is CS(=O)(=O)c1ccc(N2CCN(C(=O)c3cc(F)cc(F)c3)CC2)c([N+](=O)[O-])c1. The van der Waals surface area contributed by atoms with Gasteiger partial charge in [-0.1, -0.05) is 0 Å². The van der Waals surface area contributed by atoms with E-state index in [9.17, 15) is 32.1 Å². The first kappa shape index (κ1) is 20.6. The molecule has 1 aliphatic rings. The molecule has 1 aliphatic heterocycles. The molecule has 2 aromatic carbocycles. The van der Waals surface area contributed by atoms with Crippen molar-refractivity contribution in [3.8, 4) is 0 Å². The fourth-order valence-electron chi connectivity index (χ4n) is 3.16. The van der Waals surface area contributed by atoms with Crippen molar-refractivity contribution in [1.29, 1.82) is 0 Å². The Morgan fingerprint density at radius 3 is 2.14 bits per heavy atom. The van der Waals surface area contributed by atoms with Crippen LogP contribution in [0.1, 0.15) is 10.4 Å². The van der Waals surface area contributed by atoms with Gasteiger partial charge >= 0.3 is 0 Å². The van der Waals surface area contributed by atoms with E-state index >= 15 is 0 Å². The summed E-state index contributed by atoms with van der Waals surface area (Å²) < 4.78 is 50.0. The fourth-order valence-corrected chi connectivity index (χ4v) is 3.80. The van der Waals surface area contributed by atoms with Crippen molar-refractivity contribution in [3.63, 3.8) is 0 Å². The minimum atomic E-state index is -3.60. The van der Waals surface area contributed by atoms with Crippen LogP contribution in [-0.2, 0) is 9.84 Å². The van der Waals surface area contributed by atoms with Crippen LogP contribution in [-0.4, -0.2) is 56.6 Å². The van der Waals surface area contributed by atoms with Gasteiger partial charge in [0.15, 0.2) is 9.84 Å². The molecule has 0 bridgehead atoms. The molecule has 0 aliphatic carbocycles. The first-order valence-corrected chi connectivity index (χ1v) is 10.4. The Bertz CT molecular complexity index is 1060. The van der Waals surface area contributed by atoms with Gasteiger partial charge in [-0.2, -0.15) is 0 Å². The van der Waals surface area contributed by atoms with Gasteiger partial charge in [-0.05, 0) is 24.3 Å². The van der Waals surface area contributed by atoms with Gasteiger partial charge in [0.05, 0.1) is 9.82 Å². The van der Waals surface area contributed by atoms with Crippen molar-refractivity contribution < 1.29 is 26.9 Å². The topological polar surface area (TPSA) is 101 Å². The van der Waals surface area contributed by atoms with E-state index in [4.69, 9.17) is 0 Å². The molecule has 0 radical (unpaired) electrons. The average molecular weight is 425 g/mol. The molecule has 11 heteroatoms. The third-order valence-electron chi connectivity index (χ3n) is 4.59. The third kappa shape index (κ3) is 4.50. The van der Waals surface area contributed by atoms with Crippen molar-refractivity contribution in [2.24, 2.45) is 0 Å². The van der Waals surface area contributed by atoms with Crippen LogP contribution in [0.2, 0.25) is 0 Å². The predicted octanol–water partition coefficient (Wildman–Crippen LogP) is 2.24. The summed E-state index contributed by atoms with van der Waals surface area (Å²) in [5.41, 5.74) is -0.217. The largest absolute Gasteiger partial charge is 0.362 e. The molecule has 3 rings (SSSR count). The van der Waals surface area contributed by atoms with Crippen LogP contribution >= 0.6 is 0 Å². The summed E-state index contributed by atoms with van der Waals surface area (Å²) >= 11 is 0. The first-order chi connectivity index (χ1) is 13.6. The van der Waals surface area contributed by atoms with Gasteiger partial charge in [-0.3, -0.25) is 14.9 Å². The Labute approximate surface area is 165 Å². The van der Waals surface area contributed by atoms with Crippen LogP contribution in [0.3, 0.4) is 0 Å². The van der Waals surface area contributed by atoms with Crippen LogP contribution in [0.25, 0.3) is 0 Å². The van der Waals surface area contributed by atoms with E-state index in [1.807, 2.05) is 0 Å². The maximum absolute atomic E-state index is 13.3. The number of piperazine rings is 1. The van der Waals surface area contributed by atoms with Crippen LogP contribution < -0.4 is 4.90 Å². The number of nitrogens with zero attached hydrogens (tertiary/aromatic N) is 3. The Kier molecular flexibility index (Phi) is 5.51. The molecule has 0 saturated carbocycles. The molecular formula is C18H17F2N3O5S. The summed E-state index contributed by atoms with van der Waals surface area (Å²) in [5.74, 6) is -2.24. The molecule has 0 aromatic heterocycles. The zero-order valence-electron chi connectivity index (χ0n) is 15.3. The van der Waals surface area contributed by atoms with Crippen LogP contribution in [0.4, 0.5) is 20.2 Å². The molecular weight excluding hydrogens is 408 g/mol. The Balaban J connectivity index is 1.78. The number of rotatable bonds is 4. The maximum Gasteiger partial charge on any atom is 0.293 e. The number of carbonyl (C=O) groups excluding carboxylic acids is 1. The number of sulfone groups is 1. The van der Waals surface area contributed by atoms with Crippen molar-refractivity contribution in [1.82, 2.24) is 4.90 Å². The number of carbonyl (C=O) groups is 1. The summed E-state index contributed by atoms with van der Waals surface area (Å²) in [6, 6.07) is 6.25. The van der Waals surface area contributed by atoms with E-state index in [0.29, 0.717) is 6.07 Å². The summed E-state index contributed by atoms with van der Waals surface area (Å²) in [6.45, 7) is 0.842. The third-order valence-corrected chi connectivity index (χ3v) is 5.70. The van der Waals surface area contributed by atoms with E-state index in [-0.39, 0.29) is 48.0 Å².